The quantitative estimate of drug-likeness (QED) is 0.233. The van der Waals surface area contributed by atoms with Crippen molar-refractivity contribution in [3.63, 3.8) is 0 Å². The molecule has 0 radical (unpaired) electrons. The van der Waals surface area contributed by atoms with Crippen LogP contribution in [-0.4, -0.2) is 41.6 Å². The lowest BCUT2D eigenvalue weighted by Crippen LogP contribution is -2.39. The molecular weight excluding hydrogens is 494 g/mol. The van der Waals surface area contributed by atoms with Gasteiger partial charge in [0, 0.05) is 17.0 Å². The topological polar surface area (TPSA) is 151 Å². The van der Waals surface area contributed by atoms with Gasteiger partial charge in [0.15, 0.2) is 18.1 Å². The summed E-state index contributed by atoms with van der Waals surface area (Å²) in [5, 5.41) is 4.10. The summed E-state index contributed by atoms with van der Waals surface area (Å²) in [4.78, 5) is 49.9. The zero-order valence-corrected chi connectivity index (χ0v) is 19.7. The second-order valence-corrected chi connectivity index (χ2v) is 9.60. The van der Waals surface area contributed by atoms with E-state index in [1.165, 1.54) is 24.3 Å². The average molecular weight is 515 g/mol. The molecule has 2 aromatic carbocycles. The van der Waals surface area contributed by atoms with Crippen molar-refractivity contribution in [2.45, 2.75) is 11.4 Å². The van der Waals surface area contributed by atoms with Gasteiger partial charge in [0.1, 0.15) is 0 Å². The summed E-state index contributed by atoms with van der Waals surface area (Å²) in [5.41, 5.74) is 0.440. The lowest BCUT2D eigenvalue weighted by Gasteiger charge is -2.11. The Hall–Kier alpha value is -3.87. The maximum absolute atomic E-state index is 13.1. The molecule has 10 nitrogen and oxygen atoms in total. The lowest BCUT2D eigenvalue weighted by atomic mass is 10.2. The molecule has 0 saturated carbocycles. The fraction of sp³-hybridized carbons (Fsp3) is 0.0870. The Balaban J connectivity index is 1.75. The summed E-state index contributed by atoms with van der Waals surface area (Å²) in [7, 11) is -4.61. The van der Waals surface area contributed by atoms with Gasteiger partial charge in [-0.15, -0.1) is 0 Å². The van der Waals surface area contributed by atoms with Crippen LogP contribution in [0.15, 0.2) is 84.0 Å². The summed E-state index contributed by atoms with van der Waals surface area (Å²) in [6.07, 6.45) is 3.46. The number of hydrogen-bond donors (Lipinski definition) is 3. The van der Waals surface area contributed by atoms with Crippen molar-refractivity contribution in [3.05, 3.63) is 90.3 Å². The third-order valence-electron chi connectivity index (χ3n) is 4.43. The van der Waals surface area contributed by atoms with Gasteiger partial charge in [-0.25, -0.2) is 0 Å². The molecule has 0 atom stereocenters. The van der Waals surface area contributed by atoms with Crippen LogP contribution in [0.2, 0.25) is 0 Å². The van der Waals surface area contributed by atoms with E-state index < -0.39 is 32.8 Å². The summed E-state index contributed by atoms with van der Waals surface area (Å²) in [5.74, 6) is -3.77. The first-order valence-electron chi connectivity index (χ1n) is 10.1. The van der Waals surface area contributed by atoms with Gasteiger partial charge in [-0.3, -0.25) is 29.0 Å². The number of benzene rings is 2. The number of thioether (sulfide) groups is 1. The van der Waals surface area contributed by atoms with Crippen LogP contribution < -0.4 is 15.2 Å². The number of anilines is 1. The Kier molecular flexibility index (Phi) is 8.47. The van der Waals surface area contributed by atoms with Crippen LogP contribution in [0.4, 0.5) is 5.69 Å². The summed E-state index contributed by atoms with van der Waals surface area (Å²) in [6.45, 7) is 0.0388. The van der Waals surface area contributed by atoms with Crippen LogP contribution in [0, 0.1) is 0 Å². The van der Waals surface area contributed by atoms with E-state index in [4.69, 9.17) is 4.55 Å². The van der Waals surface area contributed by atoms with Crippen LogP contribution >= 0.6 is 11.8 Å². The molecule has 0 aliphatic rings. The van der Waals surface area contributed by atoms with Crippen LogP contribution in [0.5, 0.6) is 0 Å². The Bertz CT molecular complexity index is 1380. The molecule has 3 N–H and O–H groups in total. The van der Waals surface area contributed by atoms with E-state index in [2.05, 4.69) is 5.32 Å². The number of nitrogens with zero attached hydrogens (tertiary/aromatic N) is 1. The predicted molar refractivity (Wildman–Crippen MR) is 127 cm³/mol. The van der Waals surface area contributed by atoms with Crippen molar-refractivity contribution in [3.8, 4) is 0 Å². The van der Waals surface area contributed by atoms with Gasteiger partial charge in [-0.05, 0) is 36.0 Å². The molecule has 0 aliphatic heterocycles. The van der Waals surface area contributed by atoms with Crippen molar-refractivity contribution in [2.24, 2.45) is 0 Å². The minimum absolute atomic E-state index is 0.0388. The molecule has 3 amide bonds. The first-order chi connectivity index (χ1) is 16.6. The fourth-order valence-corrected chi connectivity index (χ4v) is 4.27. The number of pyridine rings is 1. The normalized spacial score (nSPS) is 10.9. The van der Waals surface area contributed by atoms with Gasteiger partial charge in [0.2, 0.25) is 17.6 Å². The molecule has 0 saturated heterocycles. The molecule has 0 fully saturated rings. The minimum Gasteiger partial charge on any atom is -0.320 e. The SMILES string of the molecule is O=C(CS(=O)(=O)O)NC(=O)c1ccccc1SC(=O)c1ccccc1NC(=O)C[n+]1ccccc1. The zero-order chi connectivity index (χ0) is 25.4. The largest absolute Gasteiger partial charge is 0.320 e. The fourth-order valence-electron chi connectivity index (χ4n) is 2.96. The maximum Gasteiger partial charge on any atom is 0.290 e. The zero-order valence-electron chi connectivity index (χ0n) is 18.1. The highest BCUT2D eigenvalue weighted by Crippen LogP contribution is 2.29. The van der Waals surface area contributed by atoms with E-state index in [0.29, 0.717) is 11.8 Å². The molecule has 3 rings (SSSR count). The van der Waals surface area contributed by atoms with E-state index in [1.807, 2.05) is 11.4 Å². The minimum atomic E-state index is -4.61. The molecular formula is C23H20N3O7S2+. The van der Waals surface area contributed by atoms with Crippen molar-refractivity contribution in [1.29, 1.82) is 0 Å². The predicted octanol–water partition coefficient (Wildman–Crippen LogP) is 1.69. The van der Waals surface area contributed by atoms with Gasteiger partial charge < -0.3 is 5.32 Å². The van der Waals surface area contributed by atoms with E-state index >= 15 is 0 Å². The Morgan fingerprint density at radius 2 is 1.46 bits per heavy atom. The molecule has 1 heterocycles. The first kappa shape index (κ1) is 25.7. The van der Waals surface area contributed by atoms with Crippen LogP contribution in [0.3, 0.4) is 0 Å². The van der Waals surface area contributed by atoms with Gasteiger partial charge in [0.25, 0.3) is 21.9 Å². The highest BCUT2D eigenvalue weighted by molar-refractivity contribution is 8.14. The monoisotopic (exact) mass is 514 g/mol. The molecule has 1 aromatic heterocycles. The third-order valence-corrected chi connectivity index (χ3v) is 6.03. The van der Waals surface area contributed by atoms with E-state index in [0.717, 1.165) is 0 Å². The number of amides is 3. The standard InChI is InChI=1S/C23H19N3O7S2/c27-20(14-26-12-6-1-7-13-26)24-18-10-4-2-8-16(18)23(30)34-19-11-5-3-9-17(19)22(29)25-21(28)15-35(31,32)33/h1-13H,14-15H2,(H2-,24,25,27,28,29,30,31,32,33)/p+1. The second kappa shape index (κ2) is 11.5. The number of hydrogen-bond acceptors (Lipinski definition) is 7. The molecule has 0 unspecified atom stereocenters. The Labute approximate surface area is 205 Å². The number of para-hydroxylation sites is 1. The van der Waals surface area contributed by atoms with Gasteiger partial charge >= 0.3 is 0 Å². The van der Waals surface area contributed by atoms with Crippen molar-refractivity contribution in [1.82, 2.24) is 5.32 Å². The molecule has 12 heteroatoms. The number of nitrogens with one attached hydrogen (secondary N) is 2. The van der Waals surface area contributed by atoms with Gasteiger partial charge in [-0.1, -0.05) is 30.3 Å². The maximum atomic E-state index is 13.1. The smallest absolute Gasteiger partial charge is 0.290 e. The van der Waals surface area contributed by atoms with E-state index in [9.17, 15) is 27.6 Å². The molecule has 35 heavy (non-hydrogen) atoms. The average Bonchev–Trinajstić information content (AvgIpc) is 2.79. The summed E-state index contributed by atoms with van der Waals surface area (Å²) < 4.78 is 32.1. The highest BCUT2D eigenvalue weighted by Gasteiger charge is 2.21. The third kappa shape index (κ3) is 7.84. The number of carbonyl (C=O) groups excluding carboxylic acids is 4. The number of carbonyl (C=O) groups is 4. The van der Waals surface area contributed by atoms with E-state index in [1.54, 1.807) is 53.4 Å². The Morgan fingerprint density at radius 1 is 0.829 bits per heavy atom. The number of aromatic nitrogens is 1. The number of imide groups is 1. The van der Waals surface area contributed by atoms with Crippen molar-refractivity contribution >= 4 is 50.4 Å². The molecule has 3 aromatic rings. The first-order valence-corrected chi connectivity index (χ1v) is 12.5. The number of rotatable bonds is 8. The van der Waals surface area contributed by atoms with Crippen LogP contribution in [0.25, 0.3) is 0 Å². The summed E-state index contributed by atoms with van der Waals surface area (Å²) in [6, 6.07) is 17.7. The molecule has 0 aliphatic carbocycles. The van der Waals surface area contributed by atoms with Crippen LogP contribution in [0.1, 0.15) is 20.7 Å². The Morgan fingerprint density at radius 3 is 2.14 bits per heavy atom. The molecule has 180 valence electrons. The molecule has 0 bridgehead atoms. The van der Waals surface area contributed by atoms with Crippen molar-refractivity contribution < 1.29 is 36.7 Å². The summed E-state index contributed by atoms with van der Waals surface area (Å²) >= 11 is 0.702. The van der Waals surface area contributed by atoms with E-state index in [-0.39, 0.29) is 34.2 Å². The molecule has 0 spiro atoms. The van der Waals surface area contributed by atoms with Gasteiger partial charge in [0.05, 0.1) is 16.8 Å². The van der Waals surface area contributed by atoms with Crippen LogP contribution in [-0.2, 0) is 26.3 Å². The lowest BCUT2D eigenvalue weighted by molar-refractivity contribution is -0.684. The highest BCUT2D eigenvalue weighted by atomic mass is 32.2. The van der Waals surface area contributed by atoms with Gasteiger partial charge in [-0.2, -0.15) is 13.0 Å². The second-order valence-electron chi connectivity index (χ2n) is 7.13. The van der Waals surface area contributed by atoms with Crippen molar-refractivity contribution in [2.75, 3.05) is 11.1 Å².